The third-order valence-electron chi connectivity index (χ3n) is 8.40. The highest BCUT2D eigenvalue weighted by Crippen LogP contribution is 2.61. The lowest BCUT2D eigenvalue weighted by atomic mass is 9.56. The summed E-state index contributed by atoms with van der Waals surface area (Å²) in [5.74, 6) is 2.11. The number of ether oxygens (including phenoxy) is 1. The molecule has 0 saturated heterocycles. The van der Waals surface area contributed by atoms with E-state index in [0.717, 1.165) is 44.2 Å². The van der Waals surface area contributed by atoms with E-state index in [1.54, 1.807) is 12.1 Å². The van der Waals surface area contributed by atoms with Crippen LogP contribution in [-0.2, 0) is 5.41 Å². The first-order chi connectivity index (χ1) is 17.9. The number of allylic oxidation sites excluding steroid dienone is 2. The summed E-state index contributed by atoms with van der Waals surface area (Å²) in [6.45, 7) is 4.59. The summed E-state index contributed by atoms with van der Waals surface area (Å²) in [6.07, 6.45) is 9.00. The van der Waals surface area contributed by atoms with E-state index in [4.69, 9.17) is 4.74 Å². The lowest BCUT2D eigenvalue weighted by Gasteiger charge is -2.48. The maximum atomic E-state index is 10.3. The highest BCUT2D eigenvalue weighted by atomic mass is 16.5. The van der Waals surface area contributed by atoms with Gasteiger partial charge in [-0.15, -0.1) is 0 Å². The van der Waals surface area contributed by atoms with Gasteiger partial charge in [-0.2, -0.15) is 0 Å². The number of phenols is 2. The van der Waals surface area contributed by atoms with Gasteiger partial charge in [-0.3, -0.25) is 0 Å². The molecule has 1 unspecified atom stereocenters. The molecule has 180 valence electrons. The summed E-state index contributed by atoms with van der Waals surface area (Å²) in [4.78, 5) is 0. The molecule has 0 amide bonds. The fraction of sp³-hybridized carbons (Fsp3) is 0.118. The maximum absolute atomic E-state index is 10.3. The molecule has 1 atom stereocenters. The molecule has 0 radical (unpaired) electrons. The lowest BCUT2D eigenvalue weighted by molar-refractivity contribution is 0.319. The van der Waals surface area contributed by atoms with Gasteiger partial charge in [-0.25, -0.2) is 0 Å². The van der Waals surface area contributed by atoms with Crippen molar-refractivity contribution < 1.29 is 14.9 Å². The van der Waals surface area contributed by atoms with Crippen LogP contribution < -0.4 is 15.2 Å². The minimum atomic E-state index is -0.565. The van der Waals surface area contributed by atoms with Crippen molar-refractivity contribution in [2.45, 2.75) is 19.3 Å². The van der Waals surface area contributed by atoms with E-state index in [-0.39, 0.29) is 11.5 Å². The molecule has 3 heteroatoms. The molecule has 1 aliphatic heterocycles. The molecule has 0 aromatic heterocycles. The van der Waals surface area contributed by atoms with Crippen LogP contribution in [0, 0.1) is 5.41 Å². The maximum Gasteiger partial charge on any atom is 0.132 e. The van der Waals surface area contributed by atoms with Crippen molar-refractivity contribution in [3.63, 3.8) is 0 Å². The smallest absolute Gasteiger partial charge is 0.132 e. The van der Waals surface area contributed by atoms with Crippen molar-refractivity contribution in [1.29, 1.82) is 0 Å². The molecule has 3 nitrogen and oxygen atoms in total. The van der Waals surface area contributed by atoms with E-state index in [2.05, 4.69) is 62.4 Å². The molecule has 2 N–H and O–H groups in total. The predicted octanol–water partition coefficient (Wildman–Crippen LogP) is 6.65. The zero-order chi connectivity index (χ0) is 25.4. The van der Waals surface area contributed by atoms with Crippen LogP contribution in [0.5, 0.6) is 23.0 Å². The van der Waals surface area contributed by atoms with E-state index >= 15 is 0 Å². The van der Waals surface area contributed by atoms with Crippen LogP contribution in [0.25, 0.3) is 33.7 Å². The van der Waals surface area contributed by atoms with Gasteiger partial charge >= 0.3 is 0 Å². The number of benzene rings is 5. The Balaban J connectivity index is 1.67. The van der Waals surface area contributed by atoms with Crippen molar-refractivity contribution in [1.82, 2.24) is 0 Å². The second-order valence-electron chi connectivity index (χ2n) is 10.5. The van der Waals surface area contributed by atoms with Gasteiger partial charge in [0.1, 0.15) is 23.0 Å². The second-order valence-corrected chi connectivity index (χ2v) is 10.5. The highest BCUT2D eigenvalue weighted by molar-refractivity contribution is 5.97. The van der Waals surface area contributed by atoms with Gasteiger partial charge in [0, 0.05) is 22.0 Å². The Morgan fingerprint density at radius 3 is 1.81 bits per heavy atom. The Morgan fingerprint density at radius 2 is 1.22 bits per heavy atom. The van der Waals surface area contributed by atoms with Gasteiger partial charge in [-0.05, 0) is 75.3 Å². The minimum Gasteiger partial charge on any atom is -0.508 e. The van der Waals surface area contributed by atoms with Gasteiger partial charge in [-0.1, -0.05) is 79.8 Å². The van der Waals surface area contributed by atoms with Gasteiger partial charge in [0.2, 0.25) is 0 Å². The topological polar surface area (TPSA) is 49.7 Å². The molecule has 0 spiro atoms. The molecule has 1 aliphatic carbocycles. The number of phenolic OH excluding ortho intramolecular Hbond substituents is 2. The molecule has 0 saturated carbocycles. The van der Waals surface area contributed by atoms with Crippen LogP contribution in [0.4, 0.5) is 0 Å². The molecule has 1 heterocycles. The van der Waals surface area contributed by atoms with Gasteiger partial charge < -0.3 is 14.9 Å². The van der Waals surface area contributed by atoms with Crippen LogP contribution in [0.3, 0.4) is 0 Å². The van der Waals surface area contributed by atoms with E-state index in [0.29, 0.717) is 0 Å². The van der Waals surface area contributed by atoms with Crippen LogP contribution in [0.15, 0.2) is 97.1 Å². The SMILES string of the molecule is CC1(C2(C)c3c(ccc4cc(O)ccc34)Oc3ccc4cc(O)ccc4c32)C=CC=c2ccccc2=C1. The summed E-state index contributed by atoms with van der Waals surface area (Å²) < 4.78 is 6.62. The first-order valence-corrected chi connectivity index (χ1v) is 12.6. The van der Waals surface area contributed by atoms with Crippen molar-refractivity contribution in [2.75, 3.05) is 0 Å². The van der Waals surface area contributed by atoms with E-state index in [9.17, 15) is 10.2 Å². The van der Waals surface area contributed by atoms with Crippen LogP contribution in [-0.4, -0.2) is 10.2 Å². The monoisotopic (exact) mass is 482 g/mol. The molecule has 37 heavy (non-hydrogen) atoms. The minimum absolute atomic E-state index is 0.239. The van der Waals surface area contributed by atoms with Crippen molar-refractivity contribution in [3.8, 4) is 23.0 Å². The van der Waals surface area contributed by atoms with Crippen molar-refractivity contribution >= 4 is 33.7 Å². The summed E-state index contributed by atoms with van der Waals surface area (Å²) >= 11 is 0. The summed E-state index contributed by atoms with van der Waals surface area (Å²) in [7, 11) is 0. The van der Waals surface area contributed by atoms with E-state index < -0.39 is 10.8 Å². The average Bonchev–Trinajstić information content (AvgIpc) is 3.07. The third-order valence-corrected chi connectivity index (χ3v) is 8.40. The number of hydrogen-bond donors (Lipinski definition) is 2. The Labute approximate surface area is 214 Å². The fourth-order valence-electron chi connectivity index (χ4n) is 6.41. The zero-order valence-electron chi connectivity index (χ0n) is 20.7. The Bertz CT molecular complexity index is 1820. The molecular formula is C34H26O3. The third kappa shape index (κ3) is 3.01. The molecule has 7 rings (SSSR count). The summed E-state index contributed by atoms with van der Waals surface area (Å²) in [6, 6.07) is 27.6. The van der Waals surface area contributed by atoms with Crippen LogP contribution in [0.2, 0.25) is 0 Å². The molecular weight excluding hydrogens is 456 g/mol. The molecule has 5 aromatic carbocycles. The van der Waals surface area contributed by atoms with Gasteiger partial charge in [0.05, 0.1) is 0 Å². The van der Waals surface area contributed by atoms with Crippen LogP contribution >= 0.6 is 0 Å². The number of rotatable bonds is 1. The Hall–Kier alpha value is -4.50. The standard InChI is InChI=1S/C34H26O3/c1-33(17-5-8-21-6-3-4-7-24(21)20-33)34(2)31-27-13-11-25(35)18-22(27)9-15-29(31)37-30-16-10-23-19-26(36)12-14-28(23)32(30)34/h3-20,35-36H,1-2H3. The molecule has 0 fully saturated rings. The largest absolute Gasteiger partial charge is 0.508 e. The average molecular weight is 483 g/mol. The highest BCUT2D eigenvalue weighted by Gasteiger charge is 2.51. The lowest BCUT2D eigenvalue weighted by Crippen LogP contribution is -2.43. The second kappa shape index (κ2) is 7.50. The fourth-order valence-corrected chi connectivity index (χ4v) is 6.41. The van der Waals surface area contributed by atoms with Crippen molar-refractivity contribution in [2.24, 2.45) is 5.41 Å². The number of fused-ring (bicyclic) bond motifs is 7. The normalized spacial score (nSPS) is 19.1. The Morgan fingerprint density at radius 1 is 0.649 bits per heavy atom. The molecule has 2 aliphatic rings. The zero-order valence-corrected chi connectivity index (χ0v) is 20.7. The van der Waals surface area contributed by atoms with Crippen molar-refractivity contribution in [3.05, 3.63) is 119 Å². The van der Waals surface area contributed by atoms with Gasteiger partial charge in [0.15, 0.2) is 0 Å². The first-order valence-electron chi connectivity index (χ1n) is 12.6. The summed E-state index contributed by atoms with van der Waals surface area (Å²) in [5, 5.41) is 26.9. The van der Waals surface area contributed by atoms with Crippen LogP contribution in [0.1, 0.15) is 25.0 Å². The number of aromatic hydroxyl groups is 2. The quantitative estimate of drug-likeness (QED) is 0.281. The van der Waals surface area contributed by atoms with E-state index in [1.807, 2.05) is 48.5 Å². The predicted molar refractivity (Wildman–Crippen MR) is 150 cm³/mol. The Kier molecular flexibility index (Phi) is 4.41. The summed E-state index contributed by atoms with van der Waals surface area (Å²) in [5.41, 5.74) is 1.15. The first kappa shape index (κ1) is 21.8. The molecule has 5 aromatic rings. The van der Waals surface area contributed by atoms with Gasteiger partial charge in [0.25, 0.3) is 0 Å². The molecule has 0 bridgehead atoms. The number of hydrogen-bond acceptors (Lipinski definition) is 3. The van der Waals surface area contributed by atoms with E-state index in [1.165, 1.54) is 10.4 Å².